The van der Waals surface area contributed by atoms with Gasteiger partial charge in [0.1, 0.15) is 5.69 Å². The van der Waals surface area contributed by atoms with Crippen LogP contribution >= 0.6 is 0 Å². The SMILES string of the molecule is CCNC(Cc1ccoc1)c1cnn(-c2ccccc2)n1. The second-order valence-electron chi connectivity index (χ2n) is 4.84. The monoisotopic (exact) mass is 282 g/mol. The molecule has 0 radical (unpaired) electrons. The Bertz CT molecular complexity index is 661. The molecule has 21 heavy (non-hydrogen) atoms. The third-order valence-electron chi connectivity index (χ3n) is 3.32. The summed E-state index contributed by atoms with van der Waals surface area (Å²) in [5, 5.41) is 12.4. The molecule has 0 fully saturated rings. The van der Waals surface area contributed by atoms with Crippen molar-refractivity contribution in [3.05, 3.63) is 66.4 Å². The normalized spacial score (nSPS) is 12.4. The van der Waals surface area contributed by atoms with Crippen molar-refractivity contribution in [3.8, 4) is 5.69 Å². The minimum absolute atomic E-state index is 0.130. The average molecular weight is 282 g/mol. The van der Waals surface area contributed by atoms with Crippen molar-refractivity contribution < 1.29 is 4.42 Å². The van der Waals surface area contributed by atoms with E-state index >= 15 is 0 Å². The molecule has 0 bridgehead atoms. The Hall–Kier alpha value is -2.40. The Morgan fingerprint density at radius 2 is 2.10 bits per heavy atom. The van der Waals surface area contributed by atoms with Crippen LogP contribution in [0, 0.1) is 0 Å². The minimum atomic E-state index is 0.130. The van der Waals surface area contributed by atoms with Gasteiger partial charge in [-0.3, -0.25) is 0 Å². The van der Waals surface area contributed by atoms with Crippen molar-refractivity contribution in [2.45, 2.75) is 19.4 Å². The molecule has 0 saturated carbocycles. The van der Waals surface area contributed by atoms with Gasteiger partial charge in [-0.25, -0.2) is 0 Å². The van der Waals surface area contributed by atoms with Gasteiger partial charge in [-0.05, 0) is 36.7 Å². The van der Waals surface area contributed by atoms with Crippen LogP contribution in [0.5, 0.6) is 0 Å². The second-order valence-corrected chi connectivity index (χ2v) is 4.84. The van der Waals surface area contributed by atoms with Crippen LogP contribution < -0.4 is 5.32 Å². The van der Waals surface area contributed by atoms with Gasteiger partial charge in [-0.15, -0.1) is 0 Å². The lowest BCUT2D eigenvalue weighted by Gasteiger charge is -2.13. The summed E-state index contributed by atoms with van der Waals surface area (Å²) < 4.78 is 5.13. The van der Waals surface area contributed by atoms with Crippen molar-refractivity contribution >= 4 is 0 Å². The highest BCUT2D eigenvalue weighted by Crippen LogP contribution is 2.17. The predicted octanol–water partition coefficient (Wildman–Crippen LogP) is 2.75. The van der Waals surface area contributed by atoms with E-state index in [2.05, 4.69) is 22.4 Å². The zero-order chi connectivity index (χ0) is 14.5. The quantitative estimate of drug-likeness (QED) is 0.755. The van der Waals surface area contributed by atoms with Crippen molar-refractivity contribution in [2.75, 3.05) is 6.54 Å². The lowest BCUT2D eigenvalue weighted by atomic mass is 10.1. The zero-order valence-corrected chi connectivity index (χ0v) is 11.9. The molecule has 3 rings (SSSR count). The molecule has 0 saturated heterocycles. The van der Waals surface area contributed by atoms with E-state index in [0.29, 0.717) is 0 Å². The molecule has 3 aromatic rings. The number of hydrogen-bond acceptors (Lipinski definition) is 4. The van der Waals surface area contributed by atoms with E-state index in [1.54, 1.807) is 17.3 Å². The van der Waals surface area contributed by atoms with Crippen molar-refractivity contribution in [1.82, 2.24) is 20.3 Å². The van der Waals surface area contributed by atoms with E-state index < -0.39 is 0 Å². The van der Waals surface area contributed by atoms with Crippen molar-refractivity contribution in [2.24, 2.45) is 0 Å². The van der Waals surface area contributed by atoms with E-state index in [-0.39, 0.29) is 6.04 Å². The minimum Gasteiger partial charge on any atom is -0.472 e. The zero-order valence-electron chi connectivity index (χ0n) is 11.9. The molecule has 0 aliphatic rings. The van der Waals surface area contributed by atoms with Crippen molar-refractivity contribution in [1.29, 1.82) is 0 Å². The summed E-state index contributed by atoms with van der Waals surface area (Å²) in [4.78, 5) is 1.66. The maximum atomic E-state index is 5.13. The fraction of sp³-hybridized carbons (Fsp3) is 0.250. The summed E-state index contributed by atoms with van der Waals surface area (Å²) in [6.45, 7) is 2.96. The highest BCUT2D eigenvalue weighted by molar-refractivity contribution is 5.28. The number of nitrogens with zero attached hydrogens (tertiary/aromatic N) is 3. The molecule has 1 aromatic carbocycles. The first-order valence-electron chi connectivity index (χ1n) is 7.09. The van der Waals surface area contributed by atoms with Crippen LogP contribution in [0.2, 0.25) is 0 Å². The number of hydrogen-bond donors (Lipinski definition) is 1. The van der Waals surface area contributed by atoms with Crippen LogP contribution in [0.1, 0.15) is 24.2 Å². The van der Waals surface area contributed by atoms with E-state index in [4.69, 9.17) is 4.42 Å². The lowest BCUT2D eigenvalue weighted by molar-refractivity contribution is 0.521. The smallest absolute Gasteiger partial charge is 0.100 e. The highest BCUT2D eigenvalue weighted by Gasteiger charge is 2.16. The molecule has 0 aliphatic heterocycles. The fourth-order valence-corrected chi connectivity index (χ4v) is 2.29. The summed E-state index contributed by atoms with van der Waals surface area (Å²) in [7, 11) is 0. The van der Waals surface area contributed by atoms with Gasteiger partial charge in [0.05, 0.1) is 30.5 Å². The van der Waals surface area contributed by atoms with Gasteiger partial charge in [0.15, 0.2) is 0 Å². The second kappa shape index (κ2) is 6.37. The number of para-hydroxylation sites is 1. The largest absolute Gasteiger partial charge is 0.472 e. The van der Waals surface area contributed by atoms with Crippen LogP contribution in [-0.2, 0) is 6.42 Å². The van der Waals surface area contributed by atoms with Crippen LogP contribution in [0.25, 0.3) is 5.69 Å². The number of aromatic nitrogens is 3. The summed E-state index contributed by atoms with van der Waals surface area (Å²) >= 11 is 0. The first-order chi connectivity index (χ1) is 10.4. The Kier molecular flexibility index (Phi) is 4.12. The molecular weight excluding hydrogens is 264 g/mol. The number of furan rings is 1. The van der Waals surface area contributed by atoms with Crippen LogP contribution in [0.3, 0.4) is 0 Å². The molecule has 2 heterocycles. The summed E-state index contributed by atoms with van der Waals surface area (Å²) in [5.74, 6) is 0. The van der Waals surface area contributed by atoms with Gasteiger partial charge < -0.3 is 9.73 Å². The topological polar surface area (TPSA) is 55.9 Å². The molecule has 5 nitrogen and oxygen atoms in total. The molecule has 108 valence electrons. The number of benzene rings is 1. The van der Waals surface area contributed by atoms with E-state index in [9.17, 15) is 0 Å². The average Bonchev–Trinajstić information content (AvgIpc) is 3.19. The first kappa shape index (κ1) is 13.6. The highest BCUT2D eigenvalue weighted by atomic mass is 16.3. The Morgan fingerprint density at radius 3 is 2.81 bits per heavy atom. The summed E-state index contributed by atoms with van der Waals surface area (Å²) in [6.07, 6.45) is 6.11. The molecule has 1 unspecified atom stereocenters. The maximum absolute atomic E-state index is 5.13. The Balaban J connectivity index is 1.81. The predicted molar refractivity (Wildman–Crippen MR) is 80.2 cm³/mol. The molecule has 1 atom stereocenters. The van der Waals surface area contributed by atoms with E-state index in [1.165, 1.54) is 0 Å². The third kappa shape index (κ3) is 3.20. The van der Waals surface area contributed by atoms with Crippen LogP contribution in [-0.4, -0.2) is 21.5 Å². The summed E-state index contributed by atoms with van der Waals surface area (Å²) in [5.41, 5.74) is 3.04. The first-order valence-corrected chi connectivity index (χ1v) is 7.09. The fourth-order valence-electron chi connectivity index (χ4n) is 2.29. The van der Waals surface area contributed by atoms with Gasteiger partial charge in [-0.2, -0.15) is 15.0 Å². The Morgan fingerprint density at radius 1 is 1.24 bits per heavy atom. The molecule has 5 heteroatoms. The number of likely N-dealkylation sites (N-methyl/N-ethyl adjacent to an activating group) is 1. The van der Waals surface area contributed by atoms with E-state index in [0.717, 1.165) is 29.9 Å². The summed E-state index contributed by atoms with van der Waals surface area (Å²) in [6, 6.07) is 12.0. The van der Waals surface area contributed by atoms with Crippen molar-refractivity contribution in [3.63, 3.8) is 0 Å². The maximum Gasteiger partial charge on any atom is 0.100 e. The molecular formula is C16H18N4O. The van der Waals surface area contributed by atoms with Gasteiger partial charge in [-0.1, -0.05) is 25.1 Å². The Labute approximate surface area is 123 Å². The lowest BCUT2D eigenvalue weighted by Crippen LogP contribution is -2.23. The number of nitrogens with one attached hydrogen (secondary N) is 1. The number of rotatable bonds is 6. The molecule has 0 spiro atoms. The van der Waals surface area contributed by atoms with Gasteiger partial charge >= 0.3 is 0 Å². The van der Waals surface area contributed by atoms with Gasteiger partial charge in [0, 0.05) is 0 Å². The van der Waals surface area contributed by atoms with Crippen LogP contribution in [0.4, 0.5) is 0 Å². The van der Waals surface area contributed by atoms with Gasteiger partial charge in [0.2, 0.25) is 0 Å². The molecule has 2 aromatic heterocycles. The standard InChI is InChI=1S/C16H18N4O/c1-2-17-15(10-13-8-9-21-12-13)16-11-18-20(19-16)14-6-4-3-5-7-14/h3-9,11-12,15,17H,2,10H2,1H3. The third-order valence-corrected chi connectivity index (χ3v) is 3.32. The molecule has 0 aliphatic carbocycles. The van der Waals surface area contributed by atoms with E-state index in [1.807, 2.05) is 42.6 Å². The van der Waals surface area contributed by atoms with Gasteiger partial charge in [0.25, 0.3) is 0 Å². The van der Waals surface area contributed by atoms with Crippen LogP contribution in [0.15, 0.2) is 59.5 Å². The molecule has 0 amide bonds. The molecule has 1 N–H and O–H groups in total.